The Morgan fingerprint density at radius 3 is 2.53 bits per heavy atom. The maximum atomic E-state index is 13.9. The van der Waals surface area contributed by atoms with Crippen LogP contribution in [0.5, 0.6) is 0 Å². The molecule has 174 valence electrons. The smallest absolute Gasteiger partial charge is 0.173 e. The third-order valence-corrected chi connectivity index (χ3v) is 6.79. The van der Waals surface area contributed by atoms with Gasteiger partial charge in [0.05, 0.1) is 12.1 Å². The molecule has 34 heavy (non-hydrogen) atoms. The Morgan fingerprint density at radius 1 is 1.00 bits per heavy atom. The van der Waals surface area contributed by atoms with Crippen LogP contribution in [0.25, 0.3) is 0 Å². The lowest BCUT2D eigenvalue weighted by Crippen LogP contribution is -2.32. The number of hydrogen-bond acceptors (Lipinski definition) is 5. The van der Waals surface area contributed by atoms with E-state index in [4.69, 9.17) is 11.6 Å². The molecule has 0 saturated heterocycles. The van der Waals surface area contributed by atoms with Crippen molar-refractivity contribution in [3.8, 4) is 0 Å². The first-order chi connectivity index (χ1) is 16.7. The quantitative estimate of drug-likeness (QED) is 0.323. The summed E-state index contributed by atoms with van der Waals surface area (Å²) in [5.74, 6) is 0.484. The van der Waals surface area contributed by atoms with Crippen LogP contribution in [0.4, 0.5) is 4.39 Å². The van der Waals surface area contributed by atoms with Crippen LogP contribution in [0.1, 0.15) is 60.3 Å². The zero-order valence-electron chi connectivity index (χ0n) is 18.8. The van der Waals surface area contributed by atoms with Crippen LogP contribution in [0.2, 0.25) is 5.02 Å². The van der Waals surface area contributed by atoms with E-state index in [9.17, 15) is 4.39 Å². The van der Waals surface area contributed by atoms with E-state index in [0.717, 1.165) is 35.4 Å². The van der Waals surface area contributed by atoms with Gasteiger partial charge in [0, 0.05) is 30.5 Å². The van der Waals surface area contributed by atoms with E-state index in [0.29, 0.717) is 18.1 Å². The molecule has 0 amide bonds. The molecular weight excluding hydrogens is 451 g/mol. The Balaban J connectivity index is 1.61. The molecule has 2 aromatic carbocycles. The third kappa shape index (κ3) is 5.00. The topological polar surface area (TPSA) is 59.7 Å². The first kappa shape index (κ1) is 22.6. The standard InChI is InChI=1S/C26H26ClFN6/c27-24-10-4-1-7-21(24)18-33(17-19-6-5-15-29-16-19)25(20-11-13-22(28)14-12-20)26-30-31-32-34(26)23-8-2-3-9-23/h1,4-7,10-16,23,25H,2-3,8-9,17-18H2/t25-/m0/s1. The summed E-state index contributed by atoms with van der Waals surface area (Å²) in [4.78, 5) is 6.58. The lowest BCUT2D eigenvalue weighted by Gasteiger charge is -2.32. The number of aromatic nitrogens is 5. The Hall–Kier alpha value is -3.16. The van der Waals surface area contributed by atoms with Gasteiger partial charge in [-0.25, -0.2) is 9.07 Å². The molecule has 2 heterocycles. The fourth-order valence-electron chi connectivity index (χ4n) is 4.77. The molecule has 1 atom stereocenters. The average molecular weight is 477 g/mol. The molecule has 1 saturated carbocycles. The predicted molar refractivity (Wildman–Crippen MR) is 129 cm³/mol. The molecule has 0 N–H and O–H groups in total. The summed E-state index contributed by atoms with van der Waals surface area (Å²) in [6, 6.07) is 18.4. The van der Waals surface area contributed by atoms with E-state index >= 15 is 0 Å². The Kier molecular flexibility index (Phi) is 6.92. The zero-order valence-corrected chi connectivity index (χ0v) is 19.5. The third-order valence-electron chi connectivity index (χ3n) is 6.42. The highest BCUT2D eigenvalue weighted by molar-refractivity contribution is 6.31. The number of rotatable bonds is 8. The van der Waals surface area contributed by atoms with Gasteiger partial charge in [0.2, 0.25) is 0 Å². The summed E-state index contributed by atoms with van der Waals surface area (Å²) in [6.07, 6.45) is 8.08. The minimum Gasteiger partial charge on any atom is -0.281 e. The predicted octanol–water partition coefficient (Wildman–Crippen LogP) is 5.77. The van der Waals surface area contributed by atoms with Crippen molar-refractivity contribution >= 4 is 11.6 Å². The highest BCUT2D eigenvalue weighted by Gasteiger charge is 2.32. The minimum absolute atomic E-state index is 0.272. The number of tetrazole rings is 1. The van der Waals surface area contributed by atoms with E-state index in [2.05, 4.69) is 25.4 Å². The van der Waals surface area contributed by atoms with Gasteiger partial charge in [0.25, 0.3) is 0 Å². The highest BCUT2D eigenvalue weighted by atomic mass is 35.5. The molecule has 1 fully saturated rings. The minimum atomic E-state index is -0.298. The van der Waals surface area contributed by atoms with Crippen molar-refractivity contribution in [2.75, 3.05) is 0 Å². The van der Waals surface area contributed by atoms with Gasteiger partial charge < -0.3 is 0 Å². The molecule has 0 aliphatic heterocycles. The first-order valence-corrected chi connectivity index (χ1v) is 12.0. The monoisotopic (exact) mass is 476 g/mol. The van der Waals surface area contributed by atoms with Crippen LogP contribution < -0.4 is 0 Å². The van der Waals surface area contributed by atoms with Crippen LogP contribution in [-0.4, -0.2) is 30.1 Å². The molecule has 6 nitrogen and oxygen atoms in total. The van der Waals surface area contributed by atoms with Gasteiger partial charge >= 0.3 is 0 Å². The Morgan fingerprint density at radius 2 is 1.79 bits per heavy atom. The van der Waals surface area contributed by atoms with Crippen LogP contribution in [0, 0.1) is 5.82 Å². The van der Waals surface area contributed by atoms with Crippen molar-refractivity contribution in [3.05, 3.63) is 106 Å². The molecule has 0 bridgehead atoms. The Bertz CT molecular complexity index is 1210. The maximum absolute atomic E-state index is 13.9. The molecule has 1 aliphatic rings. The van der Waals surface area contributed by atoms with Gasteiger partial charge in [-0.2, -0.15) is 0 Å². The van der Waals surface area contributed by atoms with Crippen molar-refractivity contribution < 1.29 is 4.39 Å². The van der Waals surface area contributed by atoms with E-state index in [-0.39, 0.29) is 17.9 Å². The second-order valence-corrected chi connectivity index (χ2v) is 9.14. The number of halogens is 2. The van der Waals surface area contributed by atoms with Crippen LogP contribution >= 0.6 is 11.6 Å². The number of hydrogen-bond donors (Lipinski definition) is 0. The first-order valence-electron chi connectivity index (χ1n) is 11.6. The lowest BCUT2D eigenvalue weighted by molar-refractivity contribution is 0.191. The molecule has 0 radical (unpaired) electrons. The van der Waals surface area contributed by atoms with E-state index in [1.54, 1.807) is 6.20 Å². The van der Waals surface area contributed by atoms with Crippen LogP contribution in [0.15, 0.2) is 73.1 Å². The van der Waals surface area contributed by atoms with E-state index < -0.39 is 0 Å². The normalized spacial score (nSPS) is 15.1. The Labute approximate surface area is 203 Å². The van der Waals surface area contributed by atoms with E-state index in [1.165, 1.54) is 25.0 Å². The highest BCUT2D eigenvalue weighted by Crippen LogP contribution is 2.36. The summed E-state index contributed by atoms with van der Waals surface area (Å²) in [7, 11) is 0. The van der Waals surface area contributed by atoms with Gasteiger partial charge in [-0.1, -0.05) is 60.8 Å². The number of pyridine rings is 1. The van der Waals surface area contributed by atoms with Gasteiger partial charge in [-0.05, 0) is 64.2 Å². The van der Waals surface area contributed by atoms with Crippen molar-refractivity contribution in [3.63, 3.8) is 0 Å². The molecule has 2 aromatic heterocycles. The lowest BCUT2D eigenvalue weighted by atomic mass is 10.0. The fourth-order valence-corrected chi connectivity index (χ4v) is 4.96. The summed E-state index contributed by atoms with van der Waals surface area (Å²) in [5, 5.41) is 13.7. The molecular formula is C26H26ClFN6. The second-order valence-electron chi connectivity index (χ2n) is 8.73. The fraction of sp³-hybridized carbons (Fsp3) is 0.308. The summed E-state index contributed by atoms with van der Waals surface area (Å²) >= 11 is 6.57. The van der Waals surface area contributed by atoms with Crippen molar-refractivity contribution in [1.82, 2.24) is 30.1 Å². The summed E-state index contributed by atoms with van der Waals surface area (Å²) in [5.41, 5.74) is 2.98. The average Bonchev–Trinajstić information content (AvgIpc) is 3.55. The van der Waals surface area contributed by atoms with Gasteiger partial charge in [-0.15, -0.1) is 5.10 Å². The summed E-state index contributed by atoms with van der Waals surface area (Å²) in [6.45, 7) is 1.16. The van der Waals surface area contributed by atoms with Crippen molar-refractivity contribution in [2.24, 2.45) is 0 Å². The summed E-state index contributed by atoms with van der Waals surface area (Å²) < 4.78 is 15.9. The van der Waals surface area contributed by atoms with Gasteiger partial charge in [0.1, 0.15) is 5.82 Å². The number of benzene rings is 2. The van der Waals surface area contributed by atoms with Gasteiger partial charge in [-0.3, -0.25) is 9.88 Å². The SMILES string of the molecule is Fc1ccc([C@@H](c2nnnn2C2CCCC2)N(Cc2cccnc2)Cc2ccccc2Cl)cc1. The molecule has 1 aliphatic carbocycles. The second kappa shape index (κ2) is 10.4. The van der Waals surface area contributed by atoms with Crippen LogP contribution in [0.3, 0.4) is 0 Å². The largest absolute Gasteiger partial charge is 0.281 e. The molecule has 0 unspecified atom stereocenters. The maximum Gasteiger partial charge on any atom is 0.173 e. The molecule has 0 spiro atoms. The van der Waals surface area contributed by atoms with Crippen molar-refractivity contribution in [1.29, 1.82) is 0 Å². The molecule has 5 rings (SSSR count). The van der Waals surface area contributed by atoms with Crippen LogP contribution in [-0.2, 0) is 13.1 Å². The molecule has 4 aromatic rings. The number of nitrogens with zero attached hydrogens (tertiary/aromatic N) is 6. The van der Waals surface area contributed by atoms with Crippen molar-refractivity contribution in [2.45, 2.75) is 50.9 Å². The van der Waals surface area contributed by atoms with Gasteiger partial charge in [0.15, 0.2) is 5.82 Å². The molecule has 8 heteroatoms. The zero-order chi connectivity index (χ0) is 23.3. The van der Waals surface area contributed by atoms with E-state index in [1.807, 2.05) is 59.4 Å².